The molecule has 1 aromatic carbocycles. The summed E-state index contributed by atoms with van der Waals surface area (Å²) in [4.78, 5) is 4.62. The van der Waals surface area contributed by atoms with Crippen LogP contribution in [0.2, 0.25) is 0 Å². The number of aryl methyl sites for hydroxylation is 1. The molecule has 2 nitrogen and oxygen atoms in total. The van der Waals surface area contributed by atoms with Gasteiger partial charge in [0.1, 0.15) is 0 Å². The van der Waals surface area contributed by atoms with E-state index in [-0.39, 0.29) is 0 Å². The number of hydrogen-bond acceptors (Lipinski definition) is 2. The quantitative estimate of drug-likeness (QED) is 0.909. The summed E-state index contributed by atoms with van der Waals surface area (Å²) < 4.78 is 0. The van der Waals surface area contributed by atoms with Crippen molar-refractivity contribution in [3.63, 3.8) is 0 Å². The fourth-order valence-electron chi connectivity index (χ4n) is 4.77. The van der Waals surface area contributed by atoms with Crippen LogP contribution in [0.15, 0.2) is 30.3 Å². The summed E-state index contributed by atoms with van der Waals surface area (Å²) in [5, 5.41) is 4.87. The number of nitrogens with one attached hydrogen (secondary N) is 1. The van der Waals surface area contributed by atoms with Gasteiger partial charge in [-0.25, -0.2) is 0 Å². The molecule has 2 aliphatic carbocycles. The Morgan fingerprint density at radius 3 is 2.76 bits per heavy atom. The van der Waals surface area contributed by atoms with E-state index >= 15 is 0 Å². The Bertz CT molecular complexity index is 664. The summed E-state index contributed by atoms with van der Waals surface area (Å²) in [5.74, 6) is 2.77. The van der Waals surface area contributed by atoms with Crippen molar-refractivity contribution in [2.45, 2.75) is 38.6 Å². The van der Waals surface area contributed by atoms with Gasteiger partial charge < -0.3 is 5.32 Å². The summed E-state index contributed by atoms with van der Waals surface area (Å²) >= 11 is 0. The smallest absolute Gasteiger partial charge is 0.0705 e. The highest BCUT2D eigenvalue weighted by atomic mass is 14.9. The largest absolute Gasteiger partial charge is 0.313 e. The molecule has 1 aromatic heterocycles. The summed E-state index contributed by atoms with van der Waals surface area (Å²) in [6.45, 7) is 2.05. The average molecular weight is 280 g/mol. The molecule has 0 amide bonds. The maximum absolute atomic E-state index is 4.62. The molecule has 1 heterocycles. The lowest BCUT2D eigenvalue weighted by Gasteiger charge is -2.31. The Morgan fingerprint density at radius 2 is 2.05 bits per heavy atom. The summed E-state index contributed by atoms with van der Waals surface area (Å²) in [5.41, 5.74) is 3.64. The third-order valence-electron chi connectivity index (χ3n) is 5.74. The van der Waals surface area contributed by atoms with E-state index in [1.807, 2.05) is 0 Å². The second-order valence-electron chi connectivity index (χ2n) is 7.01. The van der Waals surface area contributed by atoms with Crippen LogP contribution in [0.3, 0.4) is 0 Å². The highest BCUT2D eigenvalue weighted by Crippen LogP contribution is 2.52. The van der Waals surface area contributed by atoms with Crippen LogP contribution in [-0.2, 0) is 0 Å². The number of nitrogens with zero attached hydrogens (tertiary/aromatic N) is 1. The van der Waals surface area contributed by atoms with Gasteiger partial charge in [0.2, 0.25) is 0 Å². The van der Waals surface area contributed by atoms with Crippen molar-refractivity contribution < 1.29 is 0 Å². The molecule has 0 spiro atoms. The van der Waals surface area contributed by atoms with E-state index in [1.54, 1.807) is 0 Å². The molecule has 2 heteroatoms. The summed E-state index contributed by atoms with van der Waals surface area (Å²) in [6, 6.07) is 11.6. The Morgan fingerprint density at radius 1 is 1.14 bits per heavy atom. The first-order valence-electron chi connectivity index (χ1n) is 8.29. The van der Waals surface area contributed by atoms with Gasteiger partial charge in [0, 0.05) is 17.1 Å². The lowest BCUT2D eigenvalue weighted by Crippen LogP contribution is -2.28. The highest BCUT2D eigenvalue weighted by Gasteiger charge is 2.43. The molecule has 4 rings (SSSR count). The standard InChI is InChI=1S/C19H24N2/c1-12-3-5-15-11-16(7-8-18(15)21-12)19(20-2)17-10-13-4-6-14(17)9-13/h3,5,7-8,11,13-14,17,19-20H,4,6,9-10H2,1-2H3. The zero-order valence-corrected chi connectivity index (χ0v) is 13.0. The minimum absolute atomic E-state index is 0.506. The molecule has 2 fully saturated rings. The minimum Gasteiger partial charge on any atom is -0.313 e. The molecule has 2 saturated carbocycles. The Kier molecular flexibility index (Phi) is 3.22. The van der Waals surface area contributed by atoms with Crippen molar-refractivity contribution in [3.8, 4) is 0 Å². The van der Waals surface area contributed by atoms with Crippen LogP contribution in [0.1, 0.15) is 43.0 Å². The monoisotopic (exact) mass is 280 g/mol. The van der Waals surface area contributed by atoms with Crippen molar-refractivity contribution in [2.75, 3.05) is 7.05 Å². The van der Waals surface area contributed by atoms with Crippen LogP contribution in [0, 0.1) is 24.7 Å². The van der Waals surface area contributed by atoms with Crippen LogP contribution in [0.25, 0.3) is 10.9 Å². The molecule has 110 valence electrons. The first-order valence-corrected chi connectivity index (χ1v) is 8.29. The van der Waals surface area contributed by atoms with Crippen LogP contribution in [0.4, 0.5) is 0 Å². The number of rotatable bonds is 3. The first-order chi connectivity index (χ1) is 10.2. The van der Waals surface area contributed by atoms with Crippen LogP contribution in [0.5, 0.6) is 0 Å². The van der Waals surface area contributed by atoms with Crippen LogP contribution >= 0.6 is 0 Å². The number of aromatic nitrogens is 1. The van der Waals surface area contributed by atoms with Gasteiger partial charge in [-0.3, -0.25) is 4.98 Å². The predicted molar refractivity (Wildman–Crippen MR) is 87.2 cm³/mol. The van der Waals surface area contributed by atoms with E-state index in [0.29, 0.717) is 6.04 Å². The predicted octanol–water partition coefficient (Wildman–Crippen LogP) is 4.24. The Hall–Kier alpha value is -1.41. The molecule has 0 radical (unpaired) electrons. The van der Waals surface area contributed by atoms with E-state index in [2.05, 4.69) is 54.6 Å². The third kappa shape index (κ3) is 2.26. The maximum Gasteiger partial charge on any atom is 0.0705 e. The Balaban J connectivity index is 1.68. The Labute approximate surface area is 127 Å². The summed E-state index contributed by atoms with van der Waals surface area (Å²) in [6.07, 6.45) is 5.80. The molecule has 0 saturated heterocycles. The average Bonchev–Trinajstić information content (AvgIpc) is 3.11. The zero-order chi connectivity index (χ0) is 14.4. The number of benzene rings is 1. The second-order valence-corrected chi connectivity index (χ2v) is 7.01. The lowest BCUT2D eigenvalue weighted by atomic mass is 9.80. The first kappa shape index (κ1) is 13.3. The van der Waals surface area contributed by atoms with Gasteiger partial charge in [0.05, 0.1) is 5.52 Å². The van der Waals surface area contributed by atoms with Gasteiger partial charge in [-0.15, -0.1) is 0 Å². The number of pyridine rings is 1. The van der Waals surface area contributed by atoms with E-state index in [1.165, 1.54) is 36.6 Å². The van der Waals surface area contributed by atoms with E-state index in [9.17, 15) is 0 Å². The maximum atomic E-state index is 4.62. The topological polar surface area (TPSA) is 24.9 Å². The van der Waals surface area contributed by atoms with Crippen molar-refractivity contribution in [1.82, 2.24) is 10.3 Å². The molecule has 1 N–H and O–H groups in total. The molecule has 21 heavy (non-hydrogen) atoms. The van der Waals surface area contributed by atoms with Gasteiger partial charge >= 0.3 is 0 Å². The third-order valence-corrected chi connectivity index (χ3v) is 5.74. The lowest BCUT2D eigenvalue weighted by molar-refractivity contribution is 0.260. The number of fused-ring (bicyclic) bond motifs is 3. The molecule has 4 atom stereocenters. The molecule has 2 aliphatic rings. The number of hydrogen-bond donors (Lipinski definition) is 1. The zero-order valence-electron chi connectivity index (χ0n) is 13.0. The van der Waals surface area contributed by atoms with Gasteiger partial charge in [0.15, 0.2) is 0 Å². The fraction of sp³-hybridized carbons (Fsp3) is 0.526. The van der Waals surface area contributed by atoms with Crippen LogP contribution in [-0.4, -0.2) is 12.0 Å². The van der Waals surface area contributed by atoms with E-state index in [0.717, 1.165) is 29.0 Å². The van der Waals surface area contributed by atoms with E-state index < -0.39 is 0 Å². The van der Waals surface area contributed by atoms with Crippen molar-refractivity contribution in [1.29, 1.82) is 0 Å². The minimum atomic E-state index is 0.506. The van der Waals surface area contributed by atoms with Crippen molar-refractivity contribution >= 4 is 10.9 Å². The SMILES string of the molecule is CNC(c1ccc2nc(C)ccc2c1)C1CC2CCC1C2. The van der Waals surface area contributed by atoms with Crippen LogP contribution < -0.4 is 5.32 Å². The normalized spacial score (nSPS) is 29.1. The fourth-order valence-corrected chi connectivity index (χ4v) is 4.77. The van der Waals surface area contributed by atoms with Crippen molar-refractivity contribution in [2.24, 2.45) is 17.8 Å². The molecular formula is C19H24N2. The van der Waals surface area contributed by atoms with Gasteiger partial charge in [-0.2, -0.15) is 0 Å². The van der Waals surface area contributed by atoms with Gasteiger partial charge in [-0.1, -0.05) is 18.6 Å². The summed E-state index contributed by atoms with van der Waals surface area (Å²) in [7, 11) is 2.12. The molecule has 0 aliphatic heterocycles. The van der Waals surface area contributed by atoms with Gasteiger partial charge in [-0.05, 0) is 74.8 Å². The highest BCUT2D eigenvalue weighted by molar-refractivity contribution is 5.79. The van der Waals surface area contributed by atoms with Gasteiger partial charge in [0.25, 0.3) is 0 Å². The molecular weight excluding hydrogens is 256 g/mol. The molecule has 4 unspecified atom stereocenters. The molecule has 2 aromatic rings. The second kappa shape index (κ2) is 5.10. The van der Waals surface area contributed by atoms with Crippen molar-refractivity contribution in [3.05, 3.63) is 41.6 Å². The molecule has 2 bridgehead atoms. The van der Waals surface area contributed by atoms with E-state index in [4.69, 9.17) is 0 Å².